The topological polar surface area (TPSA) is 96.0 Å². The van der Waals surface area contributed by atoms with Gasteiger partial charge in [0.15, 0.2) is 0 Å². The number of halogens is 1. The number of carbonyl (C=O) groups is 2. The number of sulfonamides is 1. The number of hydrogen-bond acceptors (Lipinski definition) is 6. The van der Waals surface area contributed by atoms with Crippen LogP contribution in [0.15, 0.2) is 113 Å². The van der Waals surface area contributed by atoms with E-state index in [1.807, 2.05) is 43.5 Å². The maximum atomic E-state index is 14.6. The van der Waals surface area contributed by atoms with E-state index in [-0.39, 0.29) is 36.1 Å². The van der Waals surface area contributed by atoms with E-state index in [0.717, 1.165) is 14.8 Å². The zero-order valence-electron chi connectivity index (χ0n) is 26.8. The average Bonchev–Trinajstić information content (AvgIpc) is 3.09. The molecular weight excluding hydrogens is 638 g/mol. The minimum atomic E-state index is -4.30. The molecule has 4 rings (SSSR count). The lowest BCUT2D eigenvalue weighted by atomic mass is 10.0. The fourth-order valence-corrected chi connectivity index (χ4v) is 6.87. The lowest BCUT2D eigenvalue weighted by Gasteiger charge is -2.34. The second-order valence-corrected chi connectivity index (χ2v) is 13.5. The standard InChI is InChI=1S/C36H40FN3O5S2/c1-4-23-38-36(42)33(24-27-11-7-6-8-12-27)39(25-28-15-17-29(37)18-16-28)35(41)26-40(32-13-9-10-14-34(32)45-5-2)47(43,44)31-21-19-30(46-3)20-22-31/h6-22,33H,4-5,23-26H2,1-3H3,(H,38,42)/t33-/m0/s1. The van der Waals surface area contributed by atoms with Crippen molar-refractivity contribution < 1.29 is 27.1 Å². The van der Waals surface area contributed by atoms with Gasteiger partial charge in [0.05, 0.1) is 17.2 Å². The monoisotopic (exact) mass is 677 g/mol. The number of nitrogens with one attached hydrogen (secondary N) is 1. The Balaban J connectivity index is 1.83. The third kappa shape index (κ3) is 9.36. The van der Waals surface area contributed by atoms with Crippen molar-refractivity contribution in [2.24, 2.45) is 0 Å². The molecule has 0 radical (unpaired) electrons. The molecule has 8 nitrogen and oxygen atoms in total. The van der Waals surface area contributed by atoms with Crippen LogP contribution in [0.4, 0.5) is 10.1 Å². The first kappa shape index (κ1) is 35.5. The molecule has 0 aliphatic rings. The van der Waals surface area contributed by atoms with Crippen molar-refractivity contribution in [1.29, 1.82) is 0 Å². The molecule has 0 aromatic heterocycles. The summed E-state index contributed by atoms with van der Waals surface area (Å²) in [5.41, 5.74) is 1.59. The van der Waals surface area contributed by atoms with Crippen LogP contribution in [0, 0.1) is 5.82 Å². The molecular formula is C36H40FN3O5S2. The van der Waals surface area contributed by atoms with Gasteiger partial charge < -0.3 is 15.0 Å². The van der Waals surface area contributed by atoms with Crippen molar-refractivity contribution in [3.05, 3.63) is 120 Å². The molecule has 4 aromatic carbocycles. The fraction of sp³-hybridized carbons (Fsp3) is 0.278. The molecule has 4 aromatic rings. The minimum Gasteiger partial charge on any atom is -0.492 e. The Kier molecular flexibility index (Phi) is 12.8. The van der Waals surface area contributed by atoms with Gasteiger partial charge in [-0.05, 0) is 79.3 Å². The van der Waals surface area contributed by atoms with Crippen molar-refractivity contribution >= 4 is 39.3 Å². The molecule has 0 aliphatic carbocycles. The summed E-state index contributed by atoms with van der Waals surface area (Å²) in [7, 11) is -4.30. The minimum absolute atomic E-state index is 0.000936. The number of thioether (sulfide) groups is 1. The van der Waals surface area contributed by atoms with Crippen molar-refractivity contribution in [3.63, 3.8) is 0 Å². The van der Waals surface area contributed by atoms with Crippen LogP contribution in [0.1, 0.15) is 31.4 Å². The van der Waals surface area contributed by atoms with Gasteiger partial charge >= 0.3 is 0 Å². The molecule has 11 heteroatoms. The molecule has 1 N–H and O–H groups in total. The van der Waals surface area contributed by atoms with Crippen LogP contribution in [-0.2, 0) is 32.6 Å². The Bertz CT molecular complexity index is 1720. The lowest BCUT2D eigenvalue weighted by molar-refractivity contribution is -0.140. The number of nitrogens with zero attached hydrogens (tertiary/aromatic N) is 2. The molecule has 0 bridgehead atoms. The van der Waals surface area contributed by atoms with E-state index in [4.69, 9.17) is 4.74 Å². The Hall–Kier alpha value is -4.35. The van der Waals surface area contributed by atoms with Gasteiger partial charge in [-0.15, -0.1) is 11.8 Å². The SMILES string of the molecule is CCCNC(=O)[C@H](Cc1ccccc1)N(Cc1ccc(F)cc1)C(=O)CN(c1ccccc1OCC)S(=O)(=O)c1ccc(SC)cc1. The van der Waals surface area contributed by atoms with Crippen LogP contribution in [0.2, 0.25) is 0 Å². The molecule has 47 heavy (non-hydrogen) atoms. The number of para-hydroxylation sites is 2. The van der Waals surface area contributed by atoms with Crippen LogP contribution in [0.25, 0.3) is 0 Å². The summed E-state index contributed by atoms with van der Waals surface area (Å²) < 4.78 is 49.4. The first-order valence-corrected chi connectivity index (χ1v) is 18.1. The second kappa shape index (κ2) is 17.0. The highest BCUT2D eigenvalue weighted by Crippen LogP contribution is 2.33. The van der Waals surface area contributed by atoms with Crippen LogP contribution in [0.3, 0.4) is 0 Å². The third-order valence-electron chi connectivity index (χ3n) is 7.45. The number of rotatable bonds is 16. The summed E-state index contributed by atoms with van der Waals surface area (Å²) in [5, 5.41) is 2.91. The molecule has 2 amide bonds. The lowest BCUT2D eigenvalue weighted by Crippen LogP contribution is -2.53. The van der Waals surface area contributed by atoms with Crippen molar-refractivity contribution in [2.75, 3.05) is 30.3 Å². The molecule has 0 unspecified atom stereocenters. The molecule has 0 heterocycles. The number of benzene rings is 4. The number of amides is 2. The van der Waals surface area contributed by atoms with E-state index < -0.39 is 34.3 Å². The number of anilines is 1. The number of ether oxygens (including phenoxy) is 1. The van der Waals surface area contributed by atoms with E-state index in [1.54, 1.807) is 55.5 Å². The van der Waals surface area contributed by atoms with Gasteiger partial charge in [-0.1, -0.05) is 61.5 Å². The quantitative estimate of drug-likeness (QED) is 0.140. The van der Waals surface area contributed by atoms with E-state index in [2.05, 4.69) is 5.32 Å². The first-order chi connectivity index (χ1) is 22.7. The van der Waals surface area contributed by atoms with Crippen molar-refractivity contribution in [2.45, 2.75) is 49.1 Å². The Morgan fingerprint density at radius 2 is 1.53 bits per heavy atom. The van der Waals surface area contributed by atoms with Gasteiger partial charge in [-0.2, -0.15) is 0 Å². The summed E-state index contributed by atoms with van der Waals surface area (Å²) in [6, 6.07) is 27.1. The Morgan fingerprint density at radius 1 is 0.872 bits per heavy atom. The molecule has 0 saturated heterocycles. The normalized spacial score (nSPS) is 11.8. The molecule has 248 valence electrons. The molecule has 0 saturated carbocycles. The van der Waals surface area contributed by atoms with Gasteiger partial charge in [0.1, 0.15) is 24.2 Å². The largest absolute Gasteiger partial charge is 0.492 e. The highest BCUT2D eigenvalue weighted by Gasteiger charge is 2.35. The molecule has 0 fully saturated rings. The molecule has 0 spiro atoms. The zero-order chi connectivity index (χ0) is 33.8. The van der Waals surface area contributed by atoms with Crippen molar-refractivity contribution in [1.82, 2.24) is 10.2 Å². The predicted octanol–water partition coefficient (Wildman–Crippen LogP) is 6.31. The maximum Gasteiger partial charge on any atom is 0.264 e. The maximum absolute atomic E-state index is 14.6. The van der Waals surface area contributed by atoms with E-state index >= 15 is 0 Å². The van der Waals surface area contributed by atoms with Gasteiger partial charge in [-0.3, -0.25) is 13.9 Å². The van der Waals surface area contributed by atoms with Crippen LogP contribution >= 0.6 is 11.8 Å². The summed E-state index contributed by atoms with van der Waals surface area (Å²) in [6.45, 7) is 3.71. The Labute approximate surface area is 281 Å². The summed E-state index contributed by atoms with van der Waals surface area (Å²) >= 11 is 1.48. The van der Waals surface area contributed by atoms with Crippen LogP contribution < -0.4 is 14.4 Å². The fourth-order valence-electron chi connectivity index (χ4n) is 5.04. The predicted molar refractivity (Wildman–Crippen MR) is 185 cm³/mol. The number of hydrogen-bond donors (Lipinski definition) is 1. The zero-order valence-corrected chi connectivity index (χ0v) is 28.4. The van der Waals surface area contributed by atoms with Crippen molar-refractivity contribution in [3.8, 4) is 5.75 Å². The van der Waals surface area contributed by atoms with Gasteiger partial charge in [0, 0.05) is 24.4 Å². The van der Waals surface area contributed by atoms with E-state index in [1.165, 1.54) is 40.9 Å². The van der Waals surface area contributed by atoms with Crippen LogP contribution in [0.5, 0.6) is 5.75 Å². The highest BCUT2D eigenvalue weighted by molar-refractivity contribution is 7.98. The molecule has 0 aliphatic heterocycles. The highest BCUT2D eigenvalue weighted by atomic mass is 32.2. The second-order valence-electron chi connectivity index (χ2n) is 10.7. The average molecular weight is 678 g/mol. The first-order valence-electron chi connectivity index (χ1n) is 15.4. The summed E-state index contributed by atoms with van der Waals surface area (Å²) in [5.74, 6) is -1.13. The molecule has 1 atom stereocenters. The smallest absolute Gasteiger partial charge is 0.264 e. The summed E-state index contributed by atoms with van der Waals surface area (Å²) in [4.78, 5) is 30.6. The Morgan fingerprint density at radius 3 is 2.17 bits per heavy atom. The third-order valence-corrected chi connectivity index (χ3v) is 9.96. The van der Waals surface area contributed by atoms with Gasteiger partial charge in [0.25, 0.3) is 10.0 Å². The van der Waals surface area contributed by atoms with Gasteiger partial charge in [-0.25, -0.2) is 12.8 Å². The van der Waals surface area contributed by atoms with E-state index in [0.29, 0.717) is 24.3 Å². The van der Waals surface area contributed by atoms with Gasteiger partial charge in [0.2, 0.25) is 11.8 Å². The summed E-state index contributed by atoms with van der Waals surface area (Å²) in [6.07, 6.45) is 2.76. The number of carbonyl (C=O) groups excluding carboxylic acids is 2. The van der Waals surface area contributed by atoms with Crippen LogP contribution in [-0.4, -0.2) is 57.1 Å². The van der Waals surface area contributed by atoms with E-state index in [9.17, 15) is 22.4 Å².